The van der Waals surface area contributed by atoms with E-state index in [2.05, 4.69) is 30.3 Å². The number of rotatable bonds is 4. The van der Waals surface area contributed by atoms with Crippen molar-refractivity contribution >= 4 is 22.5 Å². The Hall–Kier alpha value is -1.84. The molecule has 0 radical (unpaired) electrons. The van der Waals surface area contributed by atoms with Crippen molar-refractivity contribution in [3.63, 3.8) is 0 Å². The lowest BCUT2D eigenvalue weighted by Gasteiger charge is -2.06. The van der Waals surface area contributed by atoms with Crippen LogP contribution in [0.25, 0.3) is 10.8 Å². The molecule has 3 heteroatoms. The average Bonchev–Trinajstić information content (AvgIpc) is 2.53. The highest BCUT2D eigenvalue weighted by molar-refractivity contribution is 7.98. The van der Waals surface area contributed by atoms with E-state index in [1.165, 1.54) is 16.8 Å². The van der Waals surface area contributed by atoms with Crippen molar-refractivity contribution < 1.29 is 4.39 Å². The molecule has 0 aliphatic rings. The Morgan fingerprint density at radius 2 is 1.71 bits per heavy atom. The largest absolute Gasteiger partial charge is 0.326 e. The number of halogens is 1. The van der Waals surface area contributed by atoms with Crippen LogP contribution in [0.3, 0.4) is 0 Å². The monoisotopic (exact) mass is 297 g/mol. The van der Waals surface area contributed by atoms with Crippen LogP contribution in [-0.2, 0) is 12.3 Å². The van der Waals surface area contributed by atoms with E-state index in [9.17, 15) is 4.39 Å². The highest BCUT2D eigenvalue weighted by atomic mass is 32.2. The van der Waals surface area contributed by atoms with Crippen LogP contribution in [0.5, 0.6) is 0 Å². The zero-order valence-electron chi connectivity index (χ0n) is 11.6. The molecule has 0 saturated carbocycles. The van der Waals surface area contributed by atoms with Crippen LogP contribution in [0.1, 0.15) is 11.1 Å². The minimum atomic E-state index is -0.175. The van der Waals surface area contributed by atoms with Gasteiger partial charge in [0.2, 0.25) is 0 Å². The molecule has 0 aliphatic carbocycles. The van der Waals surface area contributed by atoms with Gasteiger partial charge in [-0.05, 0) is 40.1 Å². The summed E-state index contributed by atoms with van der Waals surface area (Å²) in [4.78, 5) is 1.15. The Morgan fingerprint density at radius 1 is 0.905 bits per heavy atom. The van der Waals surface area contributed by atoms with E-state index in [1.807, 2.05) is 24.3 Å². The van der Waals surface area contributed by atoms with Crippen LogP contribution in [-0.4, -0.2) is 0 Å². The van der Waals surface area contributed by atoms with E-state index < -0.39 is 0 Å². The molecule has 0 bridgehead atoms. The third-order valence-corrected chi connectivity index (χ3v) is 4.51. The third-order valence-electron chi connectivity index (χ3n) is 3.47. The van der Waals surface area contributed by atoms with Gasteiger partial charge in [0.05, 0.1) is 0 Å². The van der Waals surface area contributed by atoms with Gasteiger partial charge in [-0.2, -0.15) is 0 Å². The summed E-state index contributed by atoms with van der Waals surface area (Å²) in [6, 6.07) is 19.8. The number of hydrogen-bond donors (Lipinski definition) is 1. The normalized spacial score (nSPS) is 11.0. The summed E-state index contributed by atoms with van der Waals surface area (Å²) in [5.41, 5.74) is 7.05. The predicted octanol–water partition coefficient (Wildman–Crippen LogP) is 4.73. The zero-order chi connectivity index (χ0) is 14.7. The van der Waals surface area contributed by atoms with Gasteiger partial charge < -0.3 is 5.73 Å². The summed E-state index contributed by atoms with van der Waals surface area (Å²) in [5, 5.41) is 2.43. The van der Waals surface area contributed by atoms with Gasteiger partial charge in [-0.1, -0.05) is 42.5 Å². The standard InChI is InChI=1S/C18H16FNS/c19-18-9-13(11-20)5-6-16(18)12-21-17-8-7-14-3-1-2-4-15(14)10-17/h1-10H,11-12,20H2. The maximum absolute atomic E-state index is 13.9. The highest BCUT2D eigenvalue weighted by Crippen LogP contribution is 2.27. The van der Waals surface area contributed by atoms with Crippen LogP contribution in [0.2, 0.25) is 0 Å². The predicted molar refractivity (Wildman–Crippen MR) is 87.8 cm³/mol. The molecule has 2 N–H and O–H groups in total. The SMILES string of the molecule is NCc1ccc(CSc2ccc3ccccc3c2)c(F)c1. The Balaban J connectivity index is 1.77. The van der Waals surface area contributed by atoms with Crippen LogP contribution < -0.4 is 5.73 Å². The molecule has 0 spiro atoms. The van der Waals surface area contributed by atoms with Gasteiger partial charge >= 0.3 is 0 Å². The molecule has 0 aliphatic heterocycles. The van der Waals surface area contributed by atoms with Crippen LogP contribution in [0, 0.1) is 5.82 Å². The lowest BCUT2D eigenvalue weighted by atomic mass is 10.1. The van der Waals surface area contributed by atoms with E-state index in [4.69, 9.17) is 5.73 Å². The molecule has 0 saturated heterocycles. The summed E-state index contributed by atoms with van der Waals surface area (Å²) in [6.07, 6.45) is 0. The molecular weight excluding hydrogens is 281 g/mol. The van der Waals surface area contributed by atoms with Gasteiger partial charge in [0.1, 0.15) is 5.82 Å². The number of thioether (sulfide) groups is 1. The molecule has 0 amide bonds. The molecule has 0 unspecified atom stereocenters. The van der Waals surface area contributed by atoms with Crippen molar-refractivity contribution in [3.8, 4) is 0 Å². The molecule has 21 heavy (non-hydrogen) atoms. The summed E-state index contributed by atoms with van der Waals surface area (Å²) < 4.78 is 13.9. The first-order valence-electron chi connectivity index (χ1n) is 6.85. The van der Waals surface area contributed by atoms with Crippen LogP contribution >= 0.6 is 11.8 Å². The summed E-state index contributed by atoms with van der Waals surface area (Å²) >= 11 is 1.64. The van der Waals surface area contributed by atoms with Gasteiger partial charge in [-0.3, -0.25) is 0 Å². The molecule has 1 nitrogen and oxygen atoms in total. The molecule has 0 heterocycles. The van der Waals surface area contributed by atoms with Gasteiger partial charge in [0.15, 0.2) is 0 Å². The summed E-state index contributed by atoms with van der Waals surface area (Å²) in [7, 11) is 0. The van der Waals surface area contributed by atoms with Crippen molar-refractivity contribution in [2.75, 3.05) is 0 Å². The molecule has 106 valence electrons. The minimum Gasteiger partial charge on any atom is -0.326 e. The van der Waals surface area contributed by atoms with Crippen molar-refractivity contribution in [2.24, 2.45) is 5.73 Å². The van der Waals surface area contributed by atoms with E-state index in [0.29, 0.717) is 17.9 Å². The van der Waals surface area contributed by atoms with Crippen molar-refractivity contribution in [2.45, 2.75) is 17.2 Å². The topological polar surface area (TPSA) is 26.0 Å². The lowest BCUT2D eigenvalue weighted by molar-refractivity contribution is 0.615. The molecular formula is C18H16FNS. The second-order valence-electron chi connectivity index (χ2n) is 4.93. The fourth-order valence-electron chi connectivity index (χ4n) is 2.25. The summed E-state index contributed by atoms with van der Waals surface area (Å²) in [5.74, 6) is 0.445. The van der Waals surface area contributed by atoms with Crippen LogP contribution in [0.4, 0.5) is 4.39 Å². The first-order valence-corrected chi connectivity index (χ1v) is 7.84. The van der Waals surface area contributed by atoms with Gasteiger partial charge in [-0.15, -0.1) is 11.8 Å². The van der Waals surface area contributed by atoms with Crippen LogP contribution in [0.15, 0.2) is 65.6 Å². The van der Waals surface area contributed by atoms with E-state index in [1.54, 1.807) is 11.8 Å². The highest BCUT2D eigenvalue weighted by Gasteiger charge is 2.04. The third kappa shape index (κ3) is 3.26. The van der Waals surface area contributed by atoms with Crippen molar-refractivity contribution in [3.05, 3.63) is 77.6 Å². The number of hydrogen-bond acceptors (Lipinski definition) is 2. The van der Waals surface area contributed by atoms with Gasteiger partial charge in [0.25, 0.3) is 0 Å². The maximum Gasteiger partial charge on any atom is 0.127 e. The molecule has 0 fully saturated rings. The second kappa shape index (κ2) is 6.29. The first kappa shape index (κ1) is 14.1. The molecule has 3 aromatic carbocycles. The lowest BCUT2D eigenvalue weighted by Crippen LogP contribution is -1.98. The first-order chi connectivity index (χ1) is 10.3. The maximum atomic E-state index is 13.9. The number of nitrogens with two attached hydrogens (primary N) is 1. The Labute approximate surface area is 128 Å². The van der Waals surface area contributed by atoms with Crippen molar-refractivity contribution in [1.29, 1.82) is 0 Å². The number of benzene rings is 3. The minimum absolute atomic E-state index is 0.175. The molecule has 0 atom stereocenters. The van der Waals surface area contributed by atoms with Gasteiger partial charge in [0, 0.05) is 17.2 Å². The Bertz CT molecular complexity index is 770. The second-order valence-corrected chi connectivity index (χ2v) is 5.98. The molecule has 3 aromatic rings. The van der Waals surface area contributed by atoms with E-state index in [0.717, 1.165) is 10.5 Å². The molecule has 3 rings (SSSR count). The van der Waals surface area contributed by atoms with E-state index in [-0.39, 0.29) is 5.82 Å². The van der Waals surface area contributed by atoms with E-state index >= 15 is 0 Å². The average molecular weight is 297 g/mol. The molecule has 0 aromatic heterocycles. The fourth-order valence-corrected chi connectivity index (χ4v) is 3.18. The van der Waals surface area contributed by atoms with Gasteiger partial charge in [-0.25, -0.2) is 4.39 Å². The Kier molecular flexibility index (Phi) is 4.23. The number of fused-ring (bicyclic) bond motifs is 1. The summed E-state index contributed by atoms with van der Waals surface area (Å²) in [6.45, 7) is 0.370. The smallest absolute Gasteiger partial charge is 0.127 e. The zero-order valence-corrected chi connectivity index (χ0v) is 12.4. The Morgan fingerprint density at radius 3 is 2.48 bits per heavy atom. The fraction of sp³-hybridized carbons (Fsp3) is 0.111. The van der Waals surface area contributed by atoms with Crippen molar-refractivity contribution in [1.82, 2.24) is 0 Å². The quantitative estimate of drug-likeness (QED) is 0.705.